The number of aliphatic hydroxyl groups is 1. The van der Waals surface area contributed by atoms with E-state index >= 15 is 0 Å². The van der Waals surface area contributed by atoms with Crippen molar-refractivity contribution < 1.29 is 14.6 Å². The minimum absolute atomic E-state index is 0.232. The predicted octanol–water partition coefficient (Wildman–Crippen LogP) is 5.47. The molecule has 0 aromatic heterocycles. The van der Waals surface area contributed by atoms with Crippen LogP contribution in [0.25, 0.3) is 0 Å². The molecular weight excluding hydrogens is 416 g/mol. The van der Waals surface area contributed by atoms with Crippen molar-refractivity contribution in [3.05, 3.63) is 29.3 Å². The second-order valence-corrected chi connectivity index (χ2v) is 10.0. The van der Waals surface area contributed by atoms with Gasteiger partial charge in [0.2, 0.25) is 0 Å². The molecule has 3 aliphatic rings. The summed E-state index contributed by atoms with van der Waals surface area (Å²) in [7, 11) is 0. The van der Waals surface area contributed by atoms with Crippen LogP contribution in [0, 0.1) is 17.3 Å². The molecule has 5 atom stereocenters. The van der Waals surface area contributed by atoms with Crippen LogP contribution in [0.1, 0.15) is 68.9 Å². The minimum Gasteiger partial charge on any atom is -0.494 e. The fourth-order valence-electron chi connectivity index (χ4n) is 6.41. The normalized spacial score (nSPS) is 33.8. The second-order valence-electron chi connectivity index (χ2n) is 9.23. The first kappa shape index (κ1) is 20.7. The molecule has 0 aliphatic heterocycles. The van der Waals surface area contributed by atoms with E-state index < -0.39 is 0 Å². The van der Waals surface area contributed by atoms with Gasteiger partial charge in [0.05, 0.1) is 12.7 Å². The maximum absolute atomic E-state index is 9.07. The maximum Gasteiger partial charge on any atom is 0.119 e. The lowest BCUT2D eigenvalue weighted by Crippen LogP contribution is -2.44. The Morgan fingerprint density at radius 3 is 2.86 bits per heavy atom. The molecule has 0 heterocycles. The molecule has 1 unspecified atom stereocenters. The number of benzene rings is 1. The number of alkyl halides is 1. The Bertz CT molecular complexity index is 663. The Kier molecular flexibility index (Phi) is 6.69. The second kappa shape index (κ2) is 9.06. The zero-order chi connectivity index (χ0) is 19.6. The van der Waals surface area contributed by atoms with E-state index in [0.717, 1.165) is 48.3 Å². The van der Waals surface area contributed by atoms with Crippen molar-refractivity contribution in [3.8, 4) is 5.75 Å². The molecule has 2 fully saturated rings. The summed E-state index contributed by atoms with van der Waals surface area (Å²) in [4.78, 5) is 0. The Morgan fingerprint density at radius 1 is 1.14 bits per heavy atom. The summed E-state index contributed by atoms with van der Waals surface area (Å²) in [5, 5.41) is 10.1. The summed E-state index contributed by atoms with van der Waals surface area (Å²) in [5.74, 6) is 3.35. The van der Waals surface area contributed by atoms with Gasteiger partial charge >= 0.3 is 0 Å². The average molecular weight is 451 g/mol. The molecule has 0 radical (unpaired) electrons. The molecule has 0 amide bonds. The molecule has 28 heavy (non-hydrogen) atoms. The van der Waals surface area contributed by atoms with Crippen molar-refractivity contribution >= 4 is 15.9 Å². The zero-order valence-electron chi connectivity index (χ0n) is 17.2. The molecule has 0 spiro atoms. The molecular formula is C24H35BrO3. The first-order chi connectivity index (χ1) is 13.7. The average Bonchev–Trinajstić information content (AvgIpc) is 3.04. The molecule has 3 aliphatic carbocycles. The third-order valence-electron chi connectivity index (χ3n) is 7.78. The molecule has 3 nitrogen and oxygen atoms in total. The van der Waals surface area contributed by atoms with Crippen LogP contribution in [0.2, 0.25) is 0 Å². The molecule has 0 saturated heterocycles. The van der Waals surface area contributed by atoms with E-state index in [2.05, 4.69) is 41.1 Å². The lowest BCUT2D eigenvalue weighted by atomic mass is 9.55. The number of aliphatic hydroxyl groups excluding tert-OH is 1. The van der Waals surface area contributed by atoms with Crippen LogP contribution in [0.3, 0.4) is 0 Å². The highest BCUT2D eigenvalue weighted by Gasteiger charge is 2.55. The van der Waals surface area contributed by atoms with Crippen molar-refractivity contribution in [3.63, 3.8) is 0 Å². The minimum atomic E-state index is 0.232. The van der Waals surface area contributed by atoms with Crippen LogP contribution in [-0.4, -0.2) is 36.4 Å². The molecule has 2 saturated carbocycles. The summed E-state index contributed by atoms with van der Waals surface area (Å²) in [5.41, 5.74) is 3.44. The van der Waals surface area contributed by atoms with Gasteiger partial charge < -0.3 is 14.6 Å². The van der Waals surface area contributed by atoms with Gasteiger partial charge in [0.1, 0.15) is 5.75 Å². The molecule has 0 bridgehead atoms. The summed E-state index contributed by atoms with van der Waals surface area (Å²) in [6.07, 6.45) is 9.76. The molecule has 1 aromatic carbocycles. The van der Waals surface area contributed by atoms with Gasteiger partial charge in [-0.15, -0.1) is 0 Å². The number of aryl methyl sites for hydroxylation is 1. The number of halogens is 1. The monoisotopic (exact) mass is 450 g/mol. The van der Waals surface area contributed by atoms with Gasteiger partial charge in [-0.25, -0.2) is 0 Å². The van der Waals surface area contributed by atoms with E-state index in [-0.39, 0.29) is 6.61 Å². The SMILES string of the molecule is C[C@]12CC[C@@H]3c4ccc(OCCCBr)cc4CCC3[C@@H]1CC[C@@H]2OCCCO. The van der Waals surface area contributed by atoms with Crippen LogP contribution in [-0.2, 0) is 11.2 Å². The van der Waals surface area contributed by atoms with E-state index in [1.54, 1.807) is 5.56 Å². The Morgan fingerprint density at radius 2 is 2.04 bits per heavy atom. The van der Waals surface area contributed by atoms with Gasteiger partial charge in [0, 0.05) is 18.5 Å². The third-order valence-corrected chi connectivity index (χ3v) is 8.34. The van der Waals surface area contributed by atoms with Crippen LogP contribution in [0.4, 0.5) is 0 Å². The maximum atomic E-state index is 9.07. The Balaban J connectivity index is 1.46. The zero-order valence-corrected chi connectivity index (χ0v) is 18.8. The van der Waals surface area contributed by atoms with E-state index in [9.17, 15) is 0 Å². The van der Waals surface area contributed by atoms with Crippen molar-refractivity contribution in [2.24, 2.45) is 17.3 Å². The quantitative estimate of drug-likeness (QED) is 0.421. The standard InChI is InChI=1S/C24H35BrO3/c1-24-11-10-20-19-7-5-18(27-14-2-12-25)16-17(19)4-6-21(20)22(24)8-9-23(24)28-15-3-13-26/h5,7,16,20-23,26H,2-4,6,8-15H2,1H3/t20-,21?,22+,23+,24+/m1/s1. The van der Waals surface area contributed by atoms with Crippen molar-refractivity contribution in [2.45, 2.75) is 70.3 Å². The van der Waals surface area contributed by atoms with E-state index in [4.69, 9.17) is 14.6 Å². The van der Waals surface area contributed by atoms with Crippen LogP contribution in [0.5, 0.6) is 5.75 Å². The highest BCUT2D eigenvalue weighted by molar-refractivity contribution is 9.09. The first-order valence-electron chi connectivity index (χ1n) is 11.2. The summed E-state index contributed by atoms with van der Waals surface area (Å²) < 4.78 is 12.2. The molecule has 1 N–H and O–H groups in total. The number of hydrogen-bond donors (Lipinski definition) is 1. The van der Waals surface area contributed by atoms with E-state index in [1.165, 1.54) is 44.1 Å². The lowest BCUT2D eigenvalue weighted by molar-refractivity contribution is -0.0661. The lowest BCUT2D eigenvalue weighted by Gasteiger charge is -2.50. The number of ether oxygens (including phenoxy) is 2. The highest BCUT2D eigenvalue weighted by Crippen LogP contribution is 2.61. The fourth-order valence-corrected chi connectivity index (χ4v) is 6.64. The van der Waals surface area contributed by atoms with Gasteiger partial charge in [-0.05, 0) is 97.8 Å². The van der Waals surface area contributed by atoms with Gasteiger partial charge in [0.15, 0.2) is 0 Å². The predicted molar refractivity (Wildman–Crippen MR) is 116 cm³/mol. The van der Waals surface area contributed by atoms with Crippen LogP contribution >= 0.6 is 15.9 Å². The van der Waals surface area contributed by atoms with Gasteiger partial charge in [0.25, 0.3) is 0 Å². The molecule has 4 heteroatoms. The Labute approximate surface area is 178 Å². The largest absolute Gasteiger partial charge is 0.494 e. The van der Waals surface area contributed by atoms with Gasteiger partial charge in [-0.3, -0.25) is 0 Å². The third kappa shape index (κ3) is 3.89. The fraction of sp³-hybridized carbons (Fsp3) is 0.750. The molecule has 1 aromatic rings. The van der Waals surface area contributed by atoms with E-state index in [1.807, 2.05) is 0 Å². The van der Waals surface area contributed by atoms with Crippen molar-refractivity contribution in [1.29, 1.82) is 0 Å². The van der Waals surface area contributed by atoms with Gasteiger partial charge in [-0.2, -0.15) is 0 Å². The van der Waals surface area contributed by atoms with Crippen LogP contribution < -0.4 is 4.74 Å². The highest BCUT2D eigenvalue weighted by atomic mass is 79.9. The first-order valence-corrected chi connectivity index (χ1v) is 12.3. The topological polar surface area (TPSA) is 38.7 Å². The van der Waals surface area contributed by atoms with Crippen LogP contribution in [0.15, 0.2) is 18.2 Å². The number of hydrogen-bond acceptors (Lipinski definition) is 3. The number of rotatable bonds is 8. The van der Waals surface area contributed by atoms with Crippen molar-refractivity contribution in [2.75, 3.05) is 25.2 Å². The molecule has 156 valence electrons. The Hall–Kier alpha value is -0.580. The number of fused-ring (bicyclic) bond motifs is 5. The summed E-state index contributed by atoms with van der Waals surface area (Å²) in [6, 6.07) is 6.87. The van der Waals surface area contributed by atoms with E-state index in [0.29, 0.717) is 18.1 Å². The van der Waals surface area contributed by atoms with Gasteiger partial charge in [-0.1, -0.05) is 28.9 Å². The smallest absolute Gasteiger partial charge is 0.119 e. The molecule has 4 rings (SSSR count). The van der Waals surface area contributed by atoms with Crippen molar-refractivity contribution in [1.82, 2.24) is 0 Å². The summed E-state index contributed by atoms with van der Waals surface area (Å²) >= 11 is 3.47. The summed E-state index contributed by atoms with van der Waals surface area (Å²) in [6.45, 7) is 4.21.